The fraction of sp³-hybridized carbons (Fsp3) is 0.333. The van der Waals surface area contributed by atoms with Crippen molar-refractivity contribution in [2.75, 3.05) is 11.9 Å². The molecule has 4 heteroatoms. The van der Waals surface area contributed by atoms with Gasteiger partial charge in [0.1, 0.15) is 12.2 Å². The van der Waals surface area contributed by atoms with Gasteiger partial charge < -0.3 is 5.32 Å². The van der Waals surface area contributed by atoms with Crippen LogP contribution in [0.1, 0.15) is 18.7 Å². The number of nitrogens with one attached hydrogen (secondary N) is 2. The van der Waals surface area contributed by atoms with Gasteiger partial charge in [-0.25, -0.2) is 4.98 Å². The van der Waals surface area contributed by atoms with Gasteiger partial charge in [0.25, 0.3) is 0 Å². The molecule has 2 aromatic rings. The molecule has 4 nitrogen and oxygen atoms in total. The Morgan fingerprint density at radius 2 is 2.00 bits per heavy atom. The van der Waals surface area contributed by atoms with Crippen molar-refractivity contribution < 1.29 is 0 Å². The molecule has 1 aromatic carbocycles. The van der Waals surface area contributed by atoms with Crippen LogP contribution in [0.2, 0.25) is 0 Å². The minimum absolute atomic E-state index is 0.969. The molecule has 0 atom stereocenters. The number of nitrogens with zero attached hydrogens (tertiary/aromatic N) is 2. The molecule has 0 bridgehead atoms. The van der Waals surface area contributed by atoms with Gasteiger partial charge in [-0.15, -0.1) is 0 Å². The first-order chi connectivity index (χ1) is 7.95. The van der Waals surface area contributed by atoms with Crippen LogP contribution in [0.25, 0.3) is 0 Å². The van der Waals surface area contributed by atoms with Gasteiger partial charge in [-0.05, 0) is 25.0 Å². The SMILES string of the molecule is c1ccc(NCCCCc2ncn[nH]2)cc1. The van der Waals surface area contributed by atoms with E-state index < -0.39 is 0 Å². The average Bonchev–Trinajstić information content (AvgIpc) is 2.83. The van der Waals surface area contributed by atoms with E-state index in [-0.39, 0.29) is 0 Å². The van der Waals surface area contributed by atoms with Crippen LogP contribution in [0.3, 0.4) is 0 Å². The second-order valence-electron chi connectivity index (χ2n) is 3.68. The third kappa shape index (κ3) is 3.38. The van der Waals surface area contributed by atoms with Crippen LogP contribution in [0.15, 0.2) is 36.7 Å². The van der Waals surface area contributed by atoms with Crippen LogP contribution < -0.4 is 5.32 Å². The lowest BCUT2D eigenvalue weighted by Gasteiger charge is -2.04. The quantitative estimate of drug-likeness (QED) is 0.728. The van der Waals surface area contributed by atoms with E-state index in [0.717, 1.165) is 31.6 Å². The van der Waals surface area contributed by atoms with Crippen LogP contribution in [0, 0.1) is 0 Å². The van der Waals surface area contributed by atoms with E-state index in [1.54, 1.807) is 6.33 Å². The number of H-pyrrole nitrogens is 1. The number of aromatic amines is 1. The molecule has 0 aliphatic rings. The molecule has 1 heterocycles. The number of rotatable bonds is 6. The molecule has 0 amide bonds. The van der Waals surface area contributed by atoms with Crippen molar-refractivity contribution in [1.29, 1.82) is 0 Å². The zero-order valence-corrected chi connectivity index (χ0v) is 9.19. The first kappa shape index (κ1) is 10.7. The maximum Gasteiger partial charge on any atom is 0.137 e. The Hall–Kier alpha value is -1.84. The third-order valence-electron chi connectivity index (χ3n) is 2.41. The Morgan fingerprint density at radius 1 is 1.12 bits per heavy atom. The molecule has 0 saturated heterocycles. The van der Waals surface area contributed by atoms with Crippen molar-refractivity contribution in [1.82, 2.24) is 15.2 Å². The summed E-state index contributed by atoms with van der Waals surface area (Å²) in [5.41, 5.74) is 1.18. The number of hydrogen-bond donors (Lipinski definition) is 2. The second kappa shape index (κ2) is 5.90. The van der Waals surface area contributed by atoms with Gasteiger partial charge in [-0.1, -0.05) is 18.2 Å². The number of para-hydroxylation sites is 1. The first-order valence-electron chi connectivity index (χ1n) is 5.58. The smallest absolute Gasteiger partial charge is 0.137 e. The molecule has 0 aliphatic heterocycles. The predicted molar refractivity (Wildman–Crippen MR) is 64.3 cm³/mol. The van der Waals surface area contributed by atoms with Gasteiger partial charge in [0.05, 0.1) is 0 Å². The molecule has 0 radical (unpaired) electrons. The van der Waals surface area contributed by atoms with E-state index in [1.165, 1.54) is 5.69 Å². The largest absolute Gasteiger partial charge is 0.385 e. The number of benzene rings is 1. The van der Waals surface area contributed by atoms with Crippen LogP contribution >= 0.6 is 0 Å². The molecule has 0 saturated carbocycles. The van der Waals surface area contributed by atoms with Crippen molar-refractivity contribution in [3.63, 3.8) is 0 Å². The highest BCUT2D eigenvalue weighted by molar-refractivity contribution is 5.42. The summed E-state index contributed by atoms with van der Waals surface area (Å²) in [6, 6.07) is 10.3. The van der Waals surface area contributed by atoms with Gasteiger partial charge in [-0.2, -0.15) is 5.10 Å². The molecule has 0 spiro atoms. The van der Waals surface area contributed by atoms with Crippen molar-refractivity contribution >= 4 is 5.69 Å². The van der Waals surface area contributed by atoms with E-state index >= 15 is 0 Å². The first-order valence-corrected chi connectivity index (χ1v) is 5.58. The lowest BCUT2D eigenvalue weighted by Crippen LogP contribution is -2.02. The fourth-order valence-corrected chi connectivity index (χ4v) is 1.56. The summed E-state index contributed by atoms with van der Waals surface area (Å²) in [5, 5.41) is 10.1. The molecule has 0 fully saturated rings. The van der Waals surface area contributed by atoms with Crippen LogP contribution in [0.5, 0.6) is 0 Å². The van der Waals surface area contributed by atoms with Gasteiger partial charge >= 0.3 is 0 Å². The molecule has 1 aromatic heterocycles. The van der Waals surface area contributed by atoms with Crippen molar-refractivity contribution in [3.05, 3.63) is 42.5 Å². The minimum atomic E-state index is 0.969. The average molecular weight is 216 g/mol. The molecular formula is C12H16N4. The molecule has 2 N–H and O–H groups in total. The fourth-order valence-electron chi connectivity index (χ4n) is 1.56. The predicted octanol–water partition coefficient (Wildman–Crippen LogP) is 2.24. The van der Waals surface area contributed by atoms with Crippen LogP contribution in [-0.4, -0.2) is 21.7 Å². The summed E-state index contributed by atoms with van der Waals surface area (Å²) in [6.07, 6.45) is 4.78. The monoisotopic (exact) mass is 216 g/mol. The molecule has 0 aliphatic carbocycles. The topological polar surface area (TPSA) is 53.6 Å². The van der Waals surface area contributed by atoms with Crippen molar-refractivity contribution in [3.8, 4) is 0 Å². The van der Waals surface area contributed by atoms with E-state index in [4.69, 9.17) is 0 Å². The Morgan fingerprint density at radius 3 is 2.75 bits per heavy atom. The lowest BCUT2D eigenvalue weighted by atomic mass is 10.2. The van der Waals surface area contributed by atoms with E-state index in [1.807, 2.05) is 18.2 Å². The molecule has 0 unspecified atom stereocenters. The summed E-state index contributed by atoms with van der Waals surface area (Å²) >= 11 is 0. The normalized spacial score (nSPS) is 10.2. The van der Waals surface area contributed by atoms with Gasteiger partial charge in [-0.3, -0.25) is 5.10 Å². The second-order valence-corrected chi connectivity index (χ2v) is 3.68. The highest BCUT2D eigenvalue weighted by Gasteiger charge is 1.95. The highest BCUT2D eigenvalue weighted by Crippen LogP contribution is 2.05. The number of hydrogen-bond acceptors (Lipinski definition) is 3. The lowest BCUT2D eigenvalue weighted by molar-refractivity contribution is 0.732. The zero-order valence-electron chi connectivity index (χ0n) is 9.19. The third-order valence-corrected chi connectivity index (χ3v) is 2.41. The molecule has 16 heavy (non-hydrogen) atoms. The number of unbranched alkanes of at least 4 members (excludes halogenated alkanes) is 1. The van der Waals surface area contributed by atoms with Crippen molar-refractivity contribution in [2.24, 2.45) is 0 Å². The van der Waals surface area contributed by atoms with Crippen molar-refractivity contribution in [2.45, 2.75) is 19.3 Å². The number of anilines is 1. The molecule has 2 rings (SSSR count). The Bertz CT molecular complexity index is 383. The number of aryl methyl sites for hydroxylation is 1. The van der Waals surface area contributed by atoms with Gasteiger partial charge in [0.15, 0.2) is 0 Å². The summed E-state index contributed by atoms with van der Waals surface area (Å²) < 4.78 is 0. The minimum Gasteiger partial charge on any atom is -0.385 e. The van der Waals surface area contributed by atoms with E-state index in [9.17, 15) is 0 Å². The summed E-state index contributed by atoms with van der Waals surface area (Å²) in [6.45, 7) is 0.998. The summed E-state index contributed by atoms with van der Waals surface area (Å²) in [7, 11) is 0. The highest BCUT2D eigenvalue weighted by atomic mass is 15.2. The number of aromatic nitrogens is 3. The maximum atomic E-state index is 4.08. The van der Waals surface area contributed by atoms with Crippen LogP contribution in [-0.2, 0) is 6.42 Å². The maximum absolute atomic E-state index is 4.08. The summed E-state index contributed by atoms with van der Waals surface area (Å²) in [5.74, 6) is 0.972. The van der Waals surface area contributed by atoms with E-state index in [2.05, 4.69) is 32.6 Å². The Labute approximate surface area is 95.1 Å². The summed E-state index contributed by atoms with van der Waals surface area (Å²) in [4.78, 5) is 4.08. The Kier molecular flexibility index (Phi) is 3.94. The Balaban J connectivity index is 1.59. The zero-order chi connectivity index (χ0) is 11.1. The van der Waals surface area contributed by atoms with Gasteiger partial charge in [0, 0.05) is 18.7 Å². The molecule has 84 valence electrons. The van der Waals surface area contributed by atoms with Gasteiger partial charge in [0.2, 0.25) is 0 Å². The molecular weight excluding hydrogens is 200 g/mol. The van der Waals surface area contributed by atoms with Crippen LogP contribution in [0.4, 0.5) is 5.69 Å². The van der Waals surface area contributed by atoms with E-state index in [0.29, 0.717) is 0 Å². The standard InChI is InChI=1S/C12H16N4/c1-2-6-11(7-3-1)13-9-5-4-8-12-14-10-15-16-12/h1-3,6-7,10,13H,4-5,8-9H2,(H,14,15,16).